The summed E-state index contributed by atoms with van der Waals surface area (Å²) in [6, 6.07) is 3.57. The summed E-state index contributed by atoms with van der Waals surface area (Å²) >= 11 is 0. The van der Waals surface area contributed by atoms with Crippen LogP contribution in [0.3, 0.4) is 0 Å². The van der Waals surface area contributed by atoms with Gasteiger partial charge in [-0.1, -0.05) is 0 Å². The largest absolute Gasteiger partial charge is 0.398 e. The van der Waals surface area contributed by atoms with Gasteiger partial charge >= 0.3 is 0 Å². The van der Waals surface area contributed by atoms with Gasteiger partial charge in [0.15, 0.2) is 0 Å². The number of anilines is 1. The molecule has 6 nitrogen and oxygen atoms in total. The fraction of sp³-hybridized carbons (Fsp3) is 0.571. The van der Waals surface area contributed by atoms with Crippen LogP contribution in [0, 0.1) is 0 Å². The predicted molar refractivity (Wildman–Crippen MR) is 78.4 cm³/mol. The summed E-state index contributed by atoms with van der Waals surface area (Å²) in [5.41, 5.74) is 5.93. The molecular weight excluding hydrogens is 256 g/mol. The molecule has 0 aliphatic carbocycles. The summed E-state index contributed by atoms with van der Waals surface area (Å²) in [6.45, 7) is 5.63. The van der Waals surface area contributed by atoms with E-state index < -0.39 is 0 Å². The molecule has 2 rings (SSSR count). The van der Waals surface area contributed by atoms with Crippen molar-refractivity contribution in [3.8, 4) is 0 Å². The first-order valence-electron chi connectivity index (χ1n) is 6.84. The predicted octanol–water partition coefficient (Wildman–Crippen LogP) is -0.0185. The maximum absolute atomic E-state index is 12.3. The number of hydrogen-bond donors (Lipinski definition) is 1. The van der Waals surface area contributed by atoms with E-state index in [1.807, 2.05) is 4.90 Å². The molecule has 110 valence electrons. The number of pyridine rings is 1. The van der Waals surface area contributed by atoms with Gasteiger partial charge in [-0.05, 0) is 27.0 Å². The molecule has 0 bridgehead atoms. The highest BCUT2D eigenvalue weighted by molar-refractivity contribution is 5.76. The maximum Gasteiger partial charge on any atom is 0.251 e. The fourth-order valence-corrected chi connectivity index (χ4v) is 2.53. The van der Waals surface area contributed by atoms with Crippen LogP contribution in [0.15, 0.2) is 23.1 Å². The maximum atomic E-state index is 12.3. The number of carbonyl (C=O) groups is 1. The fourth-order valence-electron chi connectivity index (χ4n) is 2.53. The molecular formula is C14H22N4O2. The van der Waals surface area contributed by atoms with Gasteiger partial charge in [-0.25, -0.2) is 0 Å². The molecule has 20 heavy (non-hydrogen) atoms. The number of nitrogens with two attached hydrogens (primary N) is 1. The van der Waals surface area contributed by atoms with Crippen molar-refractivity contribution in [3.05, 3.63) is 28.7 Å². The van der Waals surface area contributed by atoms with Crippen molar-refractivity contribution in [1.82, 2.24) is 14.4 Å². The topological polar surface area (TPSA) is 71.6 Å². The van der Waals surface area contributed by atoms with Gasteiger partial charge < -0.3 is 15.2 Å². The van der Waals surface area contributed by atoms with Crippen LogP contribution in [0.2, 0.25) is 0 Å². The van der Waals surface area contributed by atoms with E-state index in [1.54, 1.807) is 6.07 Å². The third kappa shape index (κ3) is 3.01. The lowest BCUT2D eigenvalue weighted by atomic mass is 10.1. The lowest BCUT2D eigenvalue weighted by molar-refractivity contribution is -0.135. The average molecular weight is 278 g/mol. The van der Waals surface area contributed by atoms with E-state index >= 15 is 0 Å². The first-order valence-corrected chi connectivity index (χ1v) is 6.84. The van der Waals surface area contributed by atoms with Crippen LogP contribution < -0.4 is 11.3 Å². The monoisotopic (exact) mass is 278 g/mol. The van der Waals surface area contributed by atoms with Crippen molar-refractivity contribution in [3.63, 3.8) is 0 Å². The summed E-state index contributed by atoms with van der Waals surface area (Å²) in [5.74, 6) is -0.0375. The van der Waals surface area contributed by atoms with Crippen LogP contribution in [-0.4, -0.2) is 52.5 Å². The van der Waals surface area contributed by atoms with E-state index in [2.05, 4.69) is 25.8 Å². The van der Waals surface area contributed by atoms with E-state index in [4.69, 9.17) is 5.73 Å². The van der Waals surface area contributed by atoms with E-state index in [-0.39, 0.29) is 18.0 Å². The highest BCUT2D eigenvalue weighted by atomic mass is 16.2. The molecule has 0 radical (unpaired) electrons. The van der Waals surface area contributed by atoms with Crippen molar-refractivity contribution >= 4 is 11.6 Å². The Hall–Kier alpha value is -1.82. The lowest BCUT2D eigenvalue weighted by Gasteiger charge is -2.42. The minimum atomic E-state index is -0.206. The molecule has 0 aromatic carbocycles. The number of amides is 1. The zero-order valence-corrected chi connectivity index (χ0v) is 12.2. The summed E-state index contributed by atoms with van der Waals surface area (Å²) in [7, 11) is 2.07. The zero-order valence-electron chi connectivity index (χ0n) is 12.2. The SMILES string of the molecule is CC1CN(C(=O)Cn2cc(N)ccc2=O)CC(C)N1C. The summed E-state index contributed by atoms with van der Waals surface area (Å²) in [4.78, 5) is 28.1. The lowest BCUT2D eigenvalue weighted by Crippen LogP contribution is -2.57. The normalized spacial score (nSPS) is 23.9. The standard InChI is InChI=1S/C14H22N4O2/c1-10-6-17(7-11(2)16(10)3)14(20)9-18-8-12(15)4-5-13(18)19/h4-5,8,10-11H,6-7,9,15H2,1-3H3. The zero-order chi connectivity index (χ0) is 14.9. The van der Waals surface area contributed by atoms with Crippen LogP contribution in [0.5, 0.6) is 0 Å². The first-order chi connectivity index (χ1) is 9.38. The van der Waals surface area contributed by atoms with Gasteiger partial charge in [-0.2, -0.15) is 0 Å². The summed E-state index contributed by atoms with van der Waals surface area (Å²) in [6.07, 6.45) is 1.52. The smallest absolute Gasteiger partial charge is 0.251 e. The van der Waals surface area contributed by atoms with Crippen molar-refractivity contribution in [2.45, 2.75) is 32.5 Å². The number of carbonyl (C=O) groups excluding carboxylic acids is 1. The molecule has 2 unspecified atom stereocenters. The molecule has 1 aliphatic rings. The third-order valence-electron chi connectivity index (χ3n) is 4.02. The van der Waals surface area contributed by atoms with Crippen molar-refractivity contribution in [1.29, 1.82) is 0 Å². The Labute approximate surface area is 118 Å². The quantitative estimate of drug-likeness (QED) is 0.825. The Bertz CT molecular complexity index is 542. The minimum Gasteiger partial charge on any atom is -0.398 e. The number of nitrogen functional groups attached to an aromatic ring is 1. The molecule has 0 spiro atoms. The highest BCUT2D eigenvalue weighted by Gasteiger charge is 2.29. The third-order valence-corrected chi connectivity index (χ3v) is 4.02. The first kappa shape index (κ1) is 14.6. The number of piperazine rings is 1. The highest BCUT2D eigenvalue weighted by Crippen LogP contribution is 2.13. The second kappa shape index (κ2) is 5.66. The van der Waals surface area contributed by atoms with E-state index in [0.717, 1.165) is 0 Å². The van der Waals surface area contributed by atoms with Gasteiger partial charge in [0, 0.05) is 43.1 Å². The molecule has 2 heterocycles. The number of nitrogens with zero attached hydrogens (tertiary/aromatic N) is 3. The van der Waals surface area contributed by atoms with Gasteiger partial charge in [0.2, 0.25) is 5.91 Å². The van der Waals surface area contributed by atoms with E-state index in [9.17, 15) is 9.59 Å². The van der Waals surface area contributed by atoms with E-state index in [1.165, 1.54) is 16.8 Å². The van der Waals surface area contributed by atoms with Gasteiger partial charge in [0.25, 0.3) is 5.56 Å². The molecule has 1 aromatic rings. The summed E-state index contributed by atoms with van der Waals surface area (Å²) < 4.78 is 1.37. The van der Waals surface area contributed by atoms with Gasteiger partial charge in [0.1, 0.15) is 6.54 Å². The molecule has 1 aliphatic heterocycles. The van der Waals surface area contributed by atoms with Crippen molar-refractivity contribution in [2.75, 3.05) is 25.9 Å². The van der Waals surface area contributed by atoms with Gasteiger partial charge in [-0.15, -0.1) is 0 Å². The average Bonchev–Trinajstić information content (AvgIpc) is 2.39. The second-order valence-corrected chi connectivity index (χ2v) is 5.59. The van der Waals surface area contributed by atoms with Crippen LogP contribution in [0.1, 0.15) is 13.8 Å². The van der Waals surface area contributed by atoms with E-state index in [0.29, 0.717) is 30.9 Å². The Balaban J connectivity index is 2.09. The Kier molecular flexibility index (Phi) is 4.13. The van der Waals surface area contributed by atoms with Crippen LogP contribution >= 0.6 is 0 Å². The molecule has 0 saturated carbocycles. The van der Waals surface area contributed by atoms with Gasteiger partial charge in [0.05, 0.1) is 0 Å². The van der Waals surface area contributed by atoms with Crippen LogP contribution in [0.4, 0.5) is 5.69 Å². The Morgan fingerprint density at radius 2 is 1.90 bits per heavy atom. The molecule has 2 N–H and O–H groups in total. The number of hydrogen-bond acceptors (Lipinski definition) is 4. The Morgan fingerprint density at radius 1 is 1.30 bits per heavy atom. The minimum absolute atomic E-state index is 0.0375. The van der Waals surface area contributed by atoms with Crippen LogP contribution in [-0.2, 0) is 11.3 Å². The Morgan fingerprint density at radius 3 is 2.50 bits per heavy atom. The molecule has 1 amide bonds. The number of aromatic nitrogens is 1. The number of likely N-dealkylation sites (N-methyl/N-ethyl adjacent to an activating group) is 1. The van der Waals surface area contributed by atoms with Crippen LogP contribution in [0.25, 0.3) is 0 Å². The van der Waals surface area contributed by atoms with Gasteiger partial charge in [-0.3, -0.25) is 14.5 Å². The second-order valence-electron chi connectivity index (χ2n) is 5.59. The molecule has 6 heteroatoms. The molecule has 2 atom stereocenters. The molecule has 1 aromatic heterocycles. The summed E-state index contributed by atoms with van der Waals surface area (Å²) in [5, 5.41) is 0. The van der Waals surface area contributed by atoms with Crippen molar-refractivity contribution in [2.24, 2.45) is 0 Å². The van der Waals surface area contributed by atoms with Crippen molar-refractivity contribution < 1.29 is 4.79 Å². The number of rotatable bonds is 2. The molecule has 1 saturated heterocycles. The molecule has 1 fully saturated rings.